The SMILES string of the molecule is Cc1ccc(Cn2c(Nc3ccc(OC(C)C)c(F)c3)nc(=O)n(CC(=O)CC3(C(=O)O)CC3)c2=O)cc1. The molecule has 1 saturated carbocycles. The summed E-state index contributed by atoms with van der Waals surface area (Å²) in [5.41, 5.74) is -0.929. The van der Waals surface area contributed by atoms with Gasteiger partial charge in [0.25, 0.3) is 0 Å². The summed E-state index contributed by atoms with van der Waals surface area (Å²) in [7, 11) is 0. The van der Waals surface area contributed by atoms with Gasteiger partial charge in [0.15, 0.2) is 17.3 Å². The number of ketones is 1. The molecule has 0 amide bonds. The summed E-state index contributed by atoms with van der Waals surface area (Å²) in [4.78, 5) is 54.4. The van der Waals surface area contributed by atoms with Gasteiger partial charge < -0.3 is 15.2 Å². The van der Waals surface area contributed by atoms with E-state index in [1.807, 2.05) is 31.2 Å². The molecular weight excluding hydrogens is 495 g/mol. The normalized spacial score (nSPS) is 13.8. The van der Waals surface area contributed by atoms with Crippen LogP contribution in [0, 0.1) is 18.2 Å². The lowest BCUT2D eigenvalue weighted by Gasteiger charge is -2.17. The minimum absolute atomic E-state index is 0.0129. The van der Waals surface area contributed by atoms with Gasteiger partial charge in [0, 0.05) is 18.2 Å². The number of carbonyl (C=O) groups excluding carboxylic acids is 1. The summed E-state index contributed by atoms with van der Waals surface area (Å²) >= 11 is 0. The predicted octanol–water partition coefficient (Wildman–Crippen LogP) is 3.26. The molecule has 2 N–H and O–H groups in total. The van der Waals surface area contributed by atoms with Crippen LogP contribution < -0.4 is 21.4 Å². The largest absolute Gasteiger partial charge is 0.488 e. The van der Waals surface area contributed by atoms with Crippen molar-refractivity contribution in [2.24, 2.45) is 5.41 Å². The molecule has 2 aromatic carbocycles. The molecule has 0 spiro atoms. The number of Topliss-reactive ketones (excluding diaryl/α,β-unsaturated/α-hetero) is 1. The number of benzene rings is 2. The van der Waals surface area contributed by atoms with Gasteiger partial charge in [-0.2, -0.15) is 4.98 Å². The van der Waals surface area contributed by atoms with Crippen molar-refractivity contribution in [3.8, 4) is 5.75 Å². The standard InChI is InChI=1S/C27H29FN4O6/c1-16(2)38-22-9-8-19(12-21(22)28)29-24-30-25(36)32(15-20(33)13-27(10-11-27)23(34)35)26(37)31(24)14-18-6-4-17(3)5-7-18/h4-9,12,16H,10-11,13-15H2,1-3H3,(H,34,35)(H,29,30,36). The van der Waals surface area contributed by atoms with E-state index in [1.165, 1.54) is 16.7 Å². The zero-order valence-corrected chi connectivity index (χ0v) is 21.4. The molecule has 0 radical (unpaired) electrons. The second kappa shape index (κ2) is 10.6. The highest BCUT2D eigenvalue weighted by Gasteiger charge is 2.51. The van der Waals surface area contributed by atoms with Gasteiger partial charge in [-0.05, 0) is 51.3 Å². The van der Waals surface area contributed by atoms with Crippen molar-refractivity contribution in [1.29, 1.82) is 0 Å². The van der Waals surface area contributed by atoms with E-state index in [4.69, 9.17) is 4.74 Å². The van der Waals surface area contributed by atoms with Crippen LogP contribution in [0.1, 0.15) is 44.2 Å². The Morgan fingerprint density at radius 2 is 1.82 bits per heavy atom. The van der Waals surface area contributed by atoms with Crippen LogP contribution in [0.4, 0.5) is 16.0 Å². The van der Waals surface area contributed by atoms with Crippen molar-refractivity contribution in [1.82, 2.24) is 14.1 Å². The smallest absolute Gasteiger partial charge is 0.355 e. The van der Waals surface area contributed by atoms with Crippen LogP contribution in [0.5, 0.6) is 5.75 Å². The topological polar surface area (TPSA) is 133 Å². The fraction of sp³-hybridized carbons (Fsp3) is 0.370. The molecular formula is C27H29FN4O6. The van der Waals surface area contributed by atoms with Crippen molar-refractivity contribution in [3.05, 3.63) is 80.4 Å². The van der Waals surface area contributed by atoms with E-state index in [-0.39, 0.29) is 36.5 Å². The Labute approximate surface area is 217 Å². The molecule has 0 saturated heterocycles. The number of hydrogen-bond donors (Lipinski definition) is 2. The van der Waals surface area contributed by atoms with Gasteiger partial charge >= 0.3 is 17.3 Å². The van der Waals surface area contributed by atoms with Crippen molar-refractivity contribution in [2.75, 3.05) is 5.32 Å². The van der Waals surface area contributed by atoms with E-state index < -0.39 is 40.9 Å². The van der Waals surface area contributed by atoms with E-state index in [0.29, 0.717) is 17.4 Å². The minimum atomic E-state index is -1.12. The number of hydrogen-bond acceptors (Lipinski definition) is 7. The summed E-state index contributed by atoms with van der Waals surface area (Å²) < 4.78 is 21.8. The summed E-state index contributed by atoms with van der Waals surface area (Å²) in [5, 5.41) is 12.2. The lowest BCUT2D eigenvalue weighted by atomic mass is 10.00. The van der Waals surface area contributed by atoms with E-state index in [0.717, 1.165) is 17.2 Å². The zero-order chi connectivity index (χ0) is 27.6. The van der Waals surface area contributed by atoms with Crippen LogP contribution in [0.25, 0.3) is 0 Å². The van der Waals surface area contributed by atoms with Crippen molar-refractivity contribution >= 4 is 23.4 Å². The molecule has 0 atom stereocenters. The molecule has 0 unspecified atom stereocenters. The number of aromatic nitrogens is 3. The summed E-state index contributed by atoms with van der Waals surface area (Å²) in [6.45, 7) is 4.88. The van der Waals surface area contributed by atoms with Crippen LogP contribution in [0.15, 0.2) is 52.1 Å². The van der Waals surface area contributed by atoms with Crippen LogP contribution in [-0.2, 0) is 22.7 Å². The highest BCUT2D eigenvalue weighted by Crippen LogP contribution is 2.49. The number of carboxylic acid groups (broad SMARTS) is 1. The molecule has 10 nitrogen and oxygen atoms in total. The number of nitrogens with one attached hydrogen (secondary N) is 1. The molecule has 3 aromatic rings. The second-order valence-corrected chi connectivity index (χ2v) is 9.90. The first-order valence-electron chi connectivity index (χ1n) is 12.2. The average Bonchev–Trinajstić information content (AvgIpc) is 3.63. The number of carboxylic acids is 1. The predicted molar refractivity (Wildman–Crippen MR) is 137 cm³/mol. The highest BCUT2D eigenvalue weighted by molar-refractivity contribution is 5.88. The first kappa shape index (κ1) is 26.8. The van der Waals surface area contributed by atoms with Gasteiger partial charge in [-0.15, -0.1) is 0 Å². The summed E-state index contributed by atoms with van der Waals surface area (Å²) in [5.74, 6) is -2.33. The van der Waals surface area contributed by atoms with Gasteiger partial charge in [-0.1, -0.05) is 29.8 Å². The van der Waals surface area contributed by atoms with Gasteiger partial charge in [0.05, 0.1) is 24.6 Å². The average molecular weight is 525 g/mol. The number of aliphatic carboxylic acids is 1. The Balaban J connectivity index is 1.69. The Morgan fingerprint density at radius 1 is 1.13 bits per heavy atom. The van der Waals surface area contributed by atoms with Crippen molar-refractivity contribution < 1.29 is 23.8 Å². The molecule has 1 aliphatic rings. The number of aryl methyl sites for hydroxylation is 1. The van der Waals surface area contributed by atoms with Gasteiger partial charge in [0.2, 0.25) is 5.95 Å². The lowest BCUT2D eigenvalue weighted by molar-refractivity contribution is -0.145. The Bertz CT molecular complexity index is 1490. The second-order valence-electron chi connectivity index (χ2n) is 9.90. The van der Waals surface area contributed by atoms with Crippen molar-refractivity contribution in [2.45, 2.75) is 59.2 Å². The number of rotatable bonds is 11. The lowest BCUT2D eigenvalue weighted by Crippen LogP contribution is -2.44. The molecule has 200 valence electrons. The quantitative estimate of drug-likeness (QED) is 0.391. The minimum Gasteiger partial charge on any atom is -0.488 e. The first-order valence-corrected chi connectivity index (χ1v) is 12.2. The number of carbonyl (C=O) groups is 2. The molecule has 1 heterocycles. The summed E-state index contributed by atoms with van der Waals surface area (Å²) in [6, 6.07) is 11.5. The number of nitrogens with zero attached hydrogens (tertiary/aromatic N) is 3. The third-order valence-electron chi connectivity index (χ3n) is 6.34. The van der Waals surface area contributed by atoms with Crippen LogP contribution in [0.3, 0.4) is 0 Å². The van der Waals surface area contributed by atoms with E-state index >= 15 is 0 Å². The number of anilines is 2. The van der Waals surface area contributed by atoms with E-state index in [2.05, 4.69) is 10.3 Å². The number of halogens is 1. The van der Waals surface area contributed by atoms with Gasteiger partial charge in [-0.3, -0.25) is 14.2 Å². The molecule has 1 aromatic heterocycles. The molecule has 1 fully saturated rings. The Hall–Kier alpha value is -4.28. The van der Waals surface area contributed by atoms with Crippen LogP contribution in [0.2, 0.25) is 0 Å². The van der Waals surface area contributed by atoms with E-state index in [1.54, 1.807) is 13.8 Å². The number of ether oxygens (including phenoxy) is 1. The monoisotopic (exact) mass is 524 g/mol. The van der Waals surface area contributed by atoms with Crippen LogP contribution >= 0.6 is 0 Å². The van der Waals surface area contributed by atoms with E-state index in [9.17, 15) is 28.7 Å². The molecule has 0 bridgehead atoms. The first-order chi connectivity index (χ1) is 18.0. The van der Waals surface area contributed by atoms with Crippen LogP contribution in [-0.4, -0.2) is 37.1 Å². The molecule has 1 aliphatic carbocycles. The fourth-order valence-corrected chi connectivity index (χ4v) is 4.06. The Kier molecular flexibility index (Phi) is 7.47. The zero-order valence-electron chi connectivity index (χ0n) is 21.4. The molecule has 11 heteroatoms. The molecule has 4 rings (SSSR count). The van der Waals surface area contributed by atoms with Crippen molar-refractivity contribution in [3.63, 3.8) is 0 Å². The highest BCUT2D eigenvalue weighted by atomic mass is 19.1. The molecule has 0 aliphatic heterocycles. The third kappa shape index (κ3) is 5.99. The Morgan fingerprint density at radius 3 is 2.39 bits per heavy atom. The van der Waals surface area contributed by atoms with Gasteiger partial charge in [0.1, 0.15) is 0 Å². The third-order valence-corrected chi connectivity index (χ3v) is 6.34. The maximum atomic E-state index is 14.6. The molecule has 38 heavy (non-hydrogen) atoms. The maximum absolute atomic E-state index is 14.6. The van der Waals surface area contributed by atoms with Gasteiger partial charge in [-0.25, -0.2) is 18.5 Å². The fourth-order valence-electron chi connectivity index (χ4n) is 4.06. The summed E-state index contributed by atoms with van der Waals surface area (Å²) in [6.07, 6.45) is 0.250. The maximum Gasteiger partial charge on any atom is 0.355 e.